The molecule has 6 heteroatoms. The highest BCUT2D eigenvalue weighted by Gasteiger charge is 2.23. The lowest BCUT2D eigenvalue weighted by molar-refractivity contribution is 0.592. The zero-order valence-electron chi connectivity index (χ0n) is 11.3. The van der Waals surface area contributed by atoms with Crippen LogP contribution in [0.2, 0.25) is 0 Å². The molecule has 2 rings (SSSR count). The predicted octanol–water partition coefficient (Wildman–Crippen LogP) is 3.23. The average Bonchev–Trinajstić information content (AvgIpc) is 2.36. The van der Waals surface area contributed by atoms with Gasteiger partial charge < -0.3 is 0 Å². The van der Waals surface area contributed by atoms with Crippen LogP contribution in [0.25, 0.3) is 0 Å². The fourth-order valence-corrected chi connectivity index (χ4v) is 4.14. The third kappa shape index (κ3) is 2.95. The third-order valence-corrected chi connectivity index (χ3v) is 6.18. The van der Waals surface area contributed by atoms with Gasteiger partial charge in [0.1, 0.15) is 11.2 Å². The molecule has 1 aliphatic heterocycles. The molecule has 1 aliphatic rings. The maximum atomic E-state index is 11.9. The summed E-state index contributed by atoms with van der Waals surface area (Å²) in [6, 6.07) is 3.58. The average molecular weight is 298 g/mol. The van der Waals surface area contributed by atoms with E-state index in [-0.39, 0.29) is 4.90 Å². The van der Waals surface area contributed by atoms with Crippen molar-refractivity contribution in [2.45, 2.75) is 48.7 Å². The Labute approximate surface area is 118 Å². The second-order valence-corrected chi connectivity index (χ2v) is 7.55. The van der Waals surface area contributed by atoms with Gasteiger partial charge in [-0.3, -0.25) is 4.72 Å². The molecule has 0 saturated heterocycles. The van der Waals surface area contributed by atoms with Gasteiger partial charge in [0.2, 0.25) is 0 Å². The number of thioether (sulfide) groups is 1. The number of hydrogen-bond acceptors (Lipinski definition) is 4. The van der Waals surface area contributed by atoms with Crippen molar-refractivity contribution in [3.63, 3.8) is 0 Å². The van der Waals surface area contributed by atoms with E-state index in [9.17, 15) is 8.42 Å². The number of nitrogens with zero attached hydrogens (tertiary/aromatic N) is 1. The highest BCUT2D eigenvalue weighted by Crippen LogP contribution is 2.36. The SMILES string of the molecule is CCC(CC)Sc1cc2c(cc1C)N=CNS2(=O)=O. The van der Waals surface area contributed by atoms with Gasteiger partial charge in [0.15, 0.2) is 0 Å². The normalized spacial score (nSPS) is 16.2. The van der Waals surface area contributed by atoms with Crippen molar-refractivity contribution in [3.8, 4) is 0 Å². The van der Waals surface area contributed by atoms with Crippen molar-refractivity contribution < 1.29 is 8.42 Å². The van der Waals surface area contributed by atoms with Gasteiger partial charge in [0.25, 0.3) is 10.0 Å². The molecule has 0 unspecified atom stereocenters. The second-order valence-electron chi connectivity index (χ2n) is 4.52. The van der Waals surface area contributed by atoms with E-state index in [1.807, 2.05) is 13.0 Å². The van der Waals surface area contributed by atoms with Crippen molar-refractivity contribution in [1.82, 2.24) is 4.72 Å². The lowest BCUT2D eigenvalue weighted by Gasteiger charge is -2.18. The lowest BCUT2D eigenvalue weighted by atomic mass is 10.2. The largest absolute Gasteiger partial charge is 0.270 e. The molecule has 19 heavy (non-hydrogen) atoms. The zero-order chi connectivity index (χ0) is 14.0. The summed E-state index contributed by atoms with van der Waals surface area (Å²) in [5, 5.41) is 0.513. The van der Waals surface area contributed by atoms with Crippen LogP contribution in [0.4, 0.5) is 5.69 Å². The topological polar surface area (TPSA) is 58.5 Å². The van der Waals surface area contributed by atoms with Crippen molar-refractivity contribution >= 4 is 33.8 Å². The summed E-state index contributed by atoms with van der Waals surface area (Å²) in [5.74, 6) is 0. The molecule has 0 amide bonds. The van der Waals surface area contributed by atoms with Gasteiger partial charge in [-0.05, 0) is 37.5 Å². The molecule has 104 valence electrons. The molecule has 1 heterocycles. The summed E-state index contributed by atoms with van der Waals surface area (Å²) in [5.41, 5.74) is 1.59. The van der Waals surface area contributed by atoms with Crippen molar-refractivity contribution in [2.24, 2.45) is 4.99 Å². The minimum atomic E-state index is -3.44. The van der Waals surface area contributed by atoms with Crippen LogP contribution in [0.3, 0.4) is 0 Å². The number of benzene rings is 1. The molecule has 0 saturated carbocycles. The summed E-state index contributed by atoms with van der Waals surface area (Å²) in [7, 11) is -3.44. The predicted molar refractivity (Wildman–Crippen MR) is 79.9 cm³/mol. The molecular weight excluding hydrogens is 280 g/mol. The molecule has 1 aromatic carbocycles. The maximum absolute atomic E-state index is 11.9. The molecule has 1 aromatic rings. The van der Waals surface area contributed by atoms with Crippen LogP contribution in [0.5, 0.6) is 0 Å². The van der Waals surface area contributed by atoms with Gasteiger partial charge in [-0.15, -0.1) is 11.8 Å². The molecule has 0 aromatic heterocycles. The molecule has 1 N–H and O–H groups in total. The van der Waals surface area contributed by atoms with Gasteiger partial charge >= 0.3 is 0 Å². The number of hydrogen-bond donors (Lipinski definition) is 1. The number of fused-ring (bicyclic) bond motifs is 1. The Morgan fingerprint density at radius 3 is 2.63 bits per heavy atom. The van der Waals surface area contributed by atoms with Gasteiger partial charge in [-0.1, -0.05) is 13.8 Å². The van der Waals surface area contributed by atoms with E-state index in [1.165, 1.54) is 6.34 Å². The van der Waals surface area contributed by atoms with E-state index >= 15 is 0 Å². The van der Waals surface area contributed by atoms with Crippen molar-refractivity contribution in [3.05, 3.63) is 17.7 Å². The monoisotopic (exact) mass is 298 g/mol. The summed E-state index contributed by atoms with van der Waals surface area (Å²) < 4.78 is 26.2. The molecule has 4 nitrogen and oxygen atoms in total. The second kappa shape index (κ2) is 5.54. The summed E-state index contributed by atoms with van der Waals surface area (Å²) >= 11 is 1.74. The van der Waals surface area contributed by atoms with Gasteiger partial charge in [-0.25, -0.2) is 13.4 Å². The van der Waals surface area contributed by atoms with Crippen LogP contribution in [0.1, 0.15) is 32.3 Å². The number of rotatable bonds is 4. The van der Waals surface area contributed by atoms with Gasteiger partial charge in [0, 0.05) is 10.1 Å². The minimum Gasteiger partial charge on any atom is -0.270 e. The Bertz CT molecular complexity index is 605. The smallest absolute Gasteiger partial charge is 0.264 e. The van der Waals surface area contributed by atoms with Gasteiger partial charge in [-0.2, -0.15) is 0 Å². The number of sulfonamides is 1. The first-order valence-corrected chi connectivity index (χ1v) is 8.70. The highest BCUT2D eigenvalue weighted by atomic mass is 32.2. The Hall–Kier alpha value is -1.01. The molecule has 0 radical (unpaired) electrons. The Morgan fingerprint density at radius 2 is 2.00 bits per heavy atom. The first-order chi connectivity index (χ1) is 8.97. The first-order valence-electron chi connectivity index (χ1n) is 6.34. The van der Waals surface area contributed by atoms with E-state index in [1.54, 1.807) is 17.8 Å². The molecule has 0 bridgehead atoms. The van der Waals surface area contributed by atoms with Crippen LogP contribution in [-0.2, 0) is 10.0 Å². The molecule has 0 spiro atoms. The first kappa shape index (κ1) is 14.4. The standard InChI is InChI=1S/C13H18N2O2S2/c1-4-10(5-2)18-12-7-13-11(6-9(12)3)14-8-15-19(13,16)17/h6-8,10H,4-5H2,1-3H3,(H,14,15). The summed E-state index contributed by atoms with van der Waals surface area (Å²) in [4.78, 5) is 5.38. The van der Waals surface area contributed by atoms with Crippen LogP contribution in [0.15, 0.2) is 26.9 Å². The number of nitrogens with one attached hydrogen (secondary N) is 1. The molecule has 0 atom stereocenters. The molecule has 0 aliphatic carbocycles. The van der Waals surface area contributed by atoms with E-state index in [0.29, 0.717) is 10.9 Å². The van der Waals surface area contributed by atoms with E-state index in [0.717, 1.165) is 23.3 Å². The van der Waals surface area contributed by atoms with Crippen molar-refractivity contribution in [2.75, 3.05) is 0 Å². The zero-order valence-corrected chi connectivity index (χ0v) is 12.9. The fraction of sp³-hybridized carbons (Fsp3) is 0.462. The fourth-order valence-electron chi connectivity index (χ4n) is 1.96. The summed E-state index contributed by atoms with van der Waals surface area (Å²) in [6.07, 6.45) is 3.37. The quantitative estimate of drug-likeness (QED) is 0.868. The Balaban J connectivity index is 2.45. The summed E-state index contributed by atoms with van der Waals surface area (Å²) in [6.45, 7) is 6.30. The molecule has 0 fully saturated rings. The van der Waals surface area contributed by atoms with Crippen molar-refractivity contribution in [1.29, 1.82) is 0 Å². The maximum Gasteiger partial charge on any atom is 0.264 e. The van der Waals surface area contributed by atoms with Crippen LogP contribution in [0, 0.1) is 6.92 Å². The van der Waals surface area contributed by atoms with E-state index in [2.05, 4.69) is 23.6 Å². The minimum absolute atomic E-state index is 0.272. The highest BCUT2D eigenvalue weighted by molar-refractivity contribution is 8.00. The lowest BCUT2D eigenvalue weighted by Crippen LogP contribution is -2.25. The van der Waals surface area contributed by atoms with E-state index < -0.39 is 10.0 Å². The number of aryl methyl sites for hydroxylation is 1. The van der Waals surface area contributed by atoms with Gasteiger partial charge in [0.05, 0.1) is 5.69 Å². The Morgan fingerprint density at radius 1 is 1.32 bits per heavy atom. The van der Waals surface area contributed by atoms with Crippen LogP contribution < -0.4 is 4.72 Å². The van der Waals surface area contributed by atoms with E-state index in [4.69, 9.17) is 0 Å². The Kier molecular flexibility index (Phi) is 4.20. The van der Waals surface area contributed by atoms with Crippen LogP contribution >= 0.6 is 11.8 Å². The third-order valence-electron chi connectivity index (χ3n) is 3.16. The van der Waals surface area contributed by atoms with Crippen LogP contribution in [-0.4, -0.2) is 20.0 Å². The molecular formula is C13H18N2O2S2. The number of aliphatic imine (C=N–C) groups is 1.